The molecular formula is C14H25NO4. The van der Waals surface area contributed by atoms with E-state index in [0.29, 0.717) is 13.0 Å². The fourth-order valence-electron chi connectivity index (χ4n) is 2.60. The highest BCUT2D eigenvalue weighted by molar-refractivity contribution is 5.79. The largest absolute Gasteiger partial charge is 0.481 e. The number of ether oxygens (including phenoxy) is 1. The zero-order valence-electron chi connectivity index (χ0n) is 11.7. The number of hydrogen-bond acceptors (Lipinski definition) is 3. The van der Waals surface area contributed by atoms with Crippen LogP contribution < -0.4 is 5.32 Å². The van der Waals surface area contributed by atoms with Crippen LogP contribution in [0.15, 0.2) is 0 Å². The summed E-state index contributed by atoms with van der Waals surface area (Å²) in [7, 11) is 1.67. The summed E-state index contributed by atoms with van der Waals surface area (Å²) < 4.78 is 5.37. The van der Waals surface area contributed by atoms with Gasteiger partial charge in [-0.15, -0.1) is 0 Å². The number of amides is 1. The average Bonchev–Trinajstić information content (AvgIpc) is 2.42. The highest BCUT2D eigenvalue weighted by Crippen LogP contribution is 2.26. The first-order valence-corrected chi connectivity index (χ1v) is 7.17. The number of carboxylic acid groups (broad SMARTS) is 1. The molecule has 1 aliphatic carbocycles. The minimum atomic E-state index is -0.755. The number of rotatable bonds is 8. The van der Waals surface area contributed by atoms with Crippen LogP contribution in [0.2, 0.25) is 0 Å². The third kappa shape index (κ3) is 6.05. The number of hydrogen-bond donors (Lipinski definition) is 2. The minimum Gasteiger partial charge on any atom is -0.481 e. The van der Waals surface area contributed by atoms with E-state index in [4.69, 9.17) is 9.84 Å². The van der Waals surface area contributed by atoms with Crippen molar-refractivity contribution in [3.8, 4) is 0 Å². The molecule has 1 amide bonds. The molecule has 0 aliphatic heterocycles. The molecule has 0 heterocycles. The minimum absolute atomic E-state index is 0.0160. The van der Waals surface area contributed by atoms with E-state index >= 15 is 0 Å². The maximum Gasteiger partial charge on any atom is 0.303 e. The summed E-state index contributed by atoms with van der Waals surface area (Å²) >= 11 is 0. The highest BCUT2D eigenvalue weighted by atomic mass is 16.5. The van der Waals surface area contributed by atoms with E-state index in [1.165, 1.54) is 0 Å². The summed E-state index contributed by atoms with van der Waals surface area (Å²) in [6, 6.07) is 0. The molecule has 1 aliphatic rings. The van der Waals surface area contributed by atoms with Crippen LogP contribution in [-0.2, 0) is 14.3 Å². The van der Waals surface area contributed by atoms with Gasteiger partial charge in [0.25, 0.3) is 0 Å². The molecule has 110 valence electrons. The van der Waals surface area contributed by atoms with E-state index in [2.05, 4.69) is 5.32 Å². The maximum absolute atomic E-state index is 12.0. The second-order valence-electron chi connectivity index (χ2n) is 5.16. The van der Waals surface area contributed by atoms with Gasteiger partial charge in [-0.05, 0) is 25.7 Å². The fraction of sp³-hybridized carbons (Fsp3) is 0.857. The molecule has 0 aromatic rings. The van der Waals surface area contributed by atoms with Gasteiger partial charge >= 0.3 is 5.97 Å². The first-order chi connectivity index (χ1) is 9.15. The summed E-state index contributed by atoms with van der Waals surface area (Å²) in [6.07, 6.45) is 6.72. The molecule has 0 spiro atoms. The number of nitrogens with one attached hydrogen (secondary N) is 1. The number of unbranched alkanes of at least 4 members (excludes halogenated alkanes) is 2. The zero-order valence-corrected chi connectivity index (χ0v) is 11.7. The second-order valence-corrected chi connectivity index (χ2v) is 5.16. The molecule has 0 aromatic heterocycles. The first-order valence-electron chi connectivity index (χ1n) is 7.17. The standard InChI is InChI=1S/C14H25NO4/c1-19-12-8-5-4-7-11(12)14(18)15-10-6-2-3-9-13(16)17/h11-12H,2-10H2,1H3,(H,15,18)(H,16,17). The Labute approximate surface area is 114 Å². The van der Waals surface area contributed by atoms with Gasteiger partial charge in [0.15, 0.2) is 0 Å². The Bertz CT molecular complexity index is 293. The topological polar surface area (TPSA) is 75.6 Å². The predicted molar refractivity (Wildman–Crippen MR) is 71.9 cm³/mol. The van der Waals surface area contributed by atoms with E-state index < -0.39 is 5.97 Å². The Morgan fingerprint density at radius 2 is 1.95 bits per heavy atom. The summed E-state index contributed by atoms with van der Waals surface area (Å²) in [5, 5.41) is 11.4. The number of carbonyl (C=O) groups is 2. The Kier molecular flexibility index (Phi) is 7.48. The molecular weight excluding hydrogens is 246 g/mol. The molecule has 1 fully saturated rings. The van der Waals surface area contributed by atoms with Crippen LogP contribution >= 0.6 is 0 Å². The second kappa shape index (κ2) is 8.91. The molecule has 5 heteroatoms. The van der Waals surface area contributed by atoms with E-state index in [9.17, 15) is 9.59 Å². The molecule has 0 bridgehead atoms. The number of aliphatic carboxylic acids is 1. The Balaban J connectivity index is 2.14. The van der Waals surface area contributed by atoms with Crippen LogP contribution in [0, 0.1) is 5.92 Å². The molecule has 2 unspecified atom stereocenters. The zero-order chi connectivity index (χ0) is 14.1. The van der Waals surface area contributed by atoms with E-state index in [0.717, 1.165) is 38.5 Å². The van der Waals surface area contributed by atoms with Gasteiger partial charge in [0.2, 0.25) is 5.91 Å². The van der Waals surface area contributed by atoms with E-state index in [1.807, 2.05) is 0 Å². The summed E-state index contributed by atoms with van der Waals surface area (Å²) in [5.74, 6) is -0.684. The molecule has 0 radical (unpaired) electrons. The summed E-state index contributed by atoms with van der Waals surface area (Å²) in [6.45, 7) is 0.630. The van der Waals surface area contributed by atoms with Gasteiger partial charge in [-0.3, -0.25) is 9.59 Å². The number of methoxy groups -OCH3 is 1. The van der Waals surface area contributed by atoms with Crippen molar-refractivity contribution in [3.05, 3.63) is 0 Å². The lowest BCUT2D eigenvalue weighted by molar-refractivity contribution is -0.137. The molecule has 5 nitrogen and oxygen atoms in total. The lowest BCUT2D eigenvalue weighted by atomic mass is 9.85. The lowest BCUT2D eigenvalue weighted by Gasteiger charge is -2.29. The normalized spacial score (nSPS) is 23.0. The van der Waals surface area contributed by atoms with Crippen molar-refractivity contribution in [2.45, 2.75) is 57.5 Å². The van der Waals surface area contributed by atoms with E-state index in [1.54, 1.807) is 7.11 Å². The third-order valence-corrected chi connectivity index (χ3v) is 3.71. The van der Waals surface area contributed by atoms with Gasteiger partial charge in [-0.25, -0.2) is 0 Å². The van der Waals surface area contributed by atoms with Gasteiger partial charge in [0.05, 0.1) is 12.0 Å². The fourth-order valence-corrected chi connectivity index (χ4v) is 2.60. The van der Waals surface area contributed by atoms with Gasteiger partial charge in [0, 0.05) is 20.1 Å². The molecule has 1 saturated carbocycles. The van der Waals surface area contributed by atoms with Crippen LogP contribution in [-0.4, -0.2) is 36.7 Å². The molecule has 2 atom stereocenters. The molecule has 19 heavy (non-hydrogen) atoms. The molecule has 1 rings (SSSR count). The van der Waals surface area contributed by atoms with Gasteiger partial charge in [-0.2, -0.15) is 0 Å². The lowest BCUT2D eigenvalue weighted by Crippen LogP contribution is -2.40. The van der Waals surface area contributed by atoms with Gasteiger partial charge < -0.3 is 15.2 Å². The predicted octanol–water partition coefficient (Wildman–Crippen LogP) is 1.95. The van der Waals surface area contributed by atoms with Gasteiger partial charge in [0.1, 0.15) is 0 Å². The molecule has 2 N–H and O–H groups in total. The number of carbonyl (C=O) groups excluding carboxylic acids is 1. The quantitative estimate of drug-likeness (QED) is 0.662. The van der Waals surface area contributed by atoms with Gasteiger partial charge in [-0.1, -0.05) is 19.3 Å². The summed E-state index contributed by atoms with van der Waals surface area (Å²) in [5.41, 5.74) is 0. The maximum atomic E-state index is 12.0. The van der Waals surface area contributed by atoms with Crippen LogP contribution in [0.5, 0.6) is 0 Å². The average molecular weight is 271 g/mol. The Morgan fingerprint density at radius 1 is 1.21 bits per heavy atom. The van der Waals surface area contributed by atoms with Crippen LogP contribution in [0.3, 0.4) is 0 Å². The van der Waals surface area contributed by atoms with Crippen molar-refractivity contribution in [1.82, 2.24) is 5.32 Å². The Morgan fingerprint density at radius 3 is 2.63 bits per heavy atom. The first kappa shape index (κ1) is 16.0. The van der Waals surface area contributed by atoms with Crippen LogP contribution in [0.25, 0.3) is 0 Å². The van der Waals surface area contributed by atoms with Crippen molar-refractivity contribution in [1.29, 1.82) is 0 Å². The molecule has 0 aromatic carbocycles. The third-order valence-electron chi connectivity index (χ3n) is 3.71. The van der Waals surface area contributed by atoms with Crippen LogP contribution in [0.4, 0.5) is 0 Å². The smallest absolute Gasteiger partial charge is 0.303 e. The number of carboxylic acids is 1. The van der Waals surface area contributed by atoms with Crippen molar-refractivity contribution >= 4 is 11.9 Å². The van der Waals surface area contributed by atoms with E-state index in [-0.39, 0.29) is 24.3 Å². The van der Waals surface area contributed by atoms with Crippen molar-refractivity contribution in [2.75, 3.05) is 13.7 Å². The molecule has 0 saturated heterocycles. The van der Waals surface area contributed by atoms with Crippen molar-refractivity contribution in [2.24, 2.45) is 5.92 Å². The van der Waals surface area contributed by atoms with Crippen LogP contribution in [0.1, 0.15) is 51.4 Å². The Hall–Kier alpha value is -1.10. The van der Waals surface area contributed by atoms with Crippen molar-refractivity contribution < 1.29 is 19.4 Å². The van der Waals surface area contributed by atoms with Crippen molar-refractivity contribution in [3.63, 3.8) is 0 Å². The monoisotopic (exact) mass is 271 g/mol. The SMILES string of the molecule is COC1CCCCC1C(=O)NCCCCCC(=O)O. The highest BCUT2D eigenvalue weighted by Gasteiger charge is 2.30. The summed E-state index contributed by atoms with van der Waals surface area (Å²) in [4.78, 5) is 22.4.